The topological polar surface area (TPSA) is 91.6 Å². The summed E-state index contributed by atoms with van der Waals surface area (Å²) in [5, 5.41) is 21.3. The number of pyridine rings is 1. The Morgan fingerprint density at radius 1 is 0.731 bits per heavy atom. The lowest BCUT2D eigenvalue weighted by Crippen LogP contribution is -2.22. The largest absolute Gasteiger partial charge is 0.545 e. The van der Waals surface area contributed by atoms with Crippen molar-refractivity contribution in [1.29, 1.82) is 0 Å². The zero-order valence-corrected chi connectivity index (χ0v) is 13.7. The van der Waals surface area contributed by atoms with Gasteiger partial charge in [0.2, 0.25) is 11.0 Å². The highest BCUT2D eigenvalue weighted by atomic mass is 16.4. The number of carboxylic acid groups (broad SMARTS) is 2. The van der Waals surface area contributed by atoms with Crippen LogP contribution in [-0.4, -0.2) is 17.0 Å². The third-order valence-electron chi connectivity index (χ3n) is 3.85. The fraction of sp³-hybridized carbons (Fsp3) is 0. The van der Waals surface area contributed by atoms with Gasteiger partial charge in [-0.1, -0.05) is 36.4 Å². The van der Waals surface area contributed by atoms with Crippen LogP contribution in [0.3, 0.4) is 0 Å². The molecule has 0 unspecified atom stereocenters. The maximum Gasteiger partial charge on any atom is 0.335 e. The van der Waals surface area contributed by atoms with E-state index in [1.54, 1.807) is 0 Å². The Labute approximate surface area is 149 Å². The van der Waals surface area contributed by atoms with Crippen molar-refractivity contribution in [1.82, 2.24) is 0 Å². The normalized spacial score (nSPS) is 10.2. The van der Waals surface area contributed by atoms with E-state index in [1.807, 2.05) is 12.1 Å². The Morgan fingerprint density at radius 3 is 1.81 bits per heavy atom. The van der Waals surface area contributed by atoms with E-state index in [9.17, 15) is 14.7 Å². The quantitative estimate of drug-likeness (QED) is 0.565. The Bertz CT molecular complexity index is 971. The Morgan fingerprint density at radius 2 is 1.27 bits per heavy atom. The predicted molar refractivity (Wildman–Crippen MR) is 95.7 cm³/mol. The SMILES string of the molecule is O=C([O-])c1cccc(C(=O)O)c1.c1ccc2[nH+]c3ccccc3cc2c1. The molecule has 0 amide bonds. The van der Waals surface area contributed by atoms with Crippen molar-refractivity contribution in [3.63, 3.8) is 0 Å². The van der Waals surface area contributed by atoms with Crippen LogP contribution in [0.5, 0.6) is 0 Å². The third-order valence-corrected chi connectivity index (χ3v) is 3.85. The van der Waals surface area contributed by atoms with E-state index in [1.165, 1.54) is 40.0 Å². The van der Waals surface area contributed by atoms with E-state index >= 15 is 0 Å². The summed E-state index contributed by atoms with van der Waals surface area (Å²) in [4.78, 5) is 24.0. The van der Waals surface area contributed by atoms with Gasteiger partial charge in [-0.25, -0.2) is 9.78 Å². The lowest BCUT2D eigenvalue weighted by atomic mass is 10.1. The van der Waals surface area contributed by atoms with Crippen LogP contribution in [0, 0.1) is 0 Å². The molecule has 3 aromatic carbocycles. The van der Waals surface area contributed by atoms with Crippen LogP contribution in [0.4, 0.5) is 0 Å². The molecule has 4 rings (SSSR count). The van der Waals surface area contributed by atoms with Gasteiger partial charge in [-0.2, -0.15) is 0 Å². The number of para-hydroxylation sites is 2. The van der Waals surface area contributed by atoms with E-state index in [4.69, 9.17) is 5.11 Å². The standard InChI is InChI=1S/C13H9N.C8H6O4/c1-3-7-12-10(5-1)9-11-6-2-4-8-13(11)14-12;9-7(10)5-2-1-3-6(4-5)8(11)12/h1-9H;1-4H,(H,9,10)(H,11,12). The molecule has 0 fully saturated rings. The van der Waals surface area contributed by atoms with Crippen LogP contribution < -0.4 is 10.1 Å². The van der Waals surface area contributed by atoms with Crippen molar-refractivity contribution in [2.45, 2.75) is 0 Å². The van der Waals surface area contributed by atoms with E-state index in [0.29, 0.717) is 0 Å². The lowest BCUT2D eigenvalue weighted by molar-refractivity contribution is -0.310. The first-order chi connectivity index (χ1) is 12.5. The average Bonchev–Trinajstić information content (AvgIpc) is 2.67. The molecule has 1 aromatic heterocycles. The molecular formula is C21H15NO4. The van der Waals surface area contributed by atoms with Gasteiger partial charge in [0, 0.05) is 22.9 Å². The summed E-state index contributed by atoms with van der Waals surface area (Å²) in [6.45, 7) is 0. The minimum Gasteiger partial charge on any atom is -0.545 e. The number of carbonyl (C=O) groups is 2. The number of benzene rings is 3. The molecule has 0 aliphatic rings. The van der Waals surface area contributed by atoms with Crippen LogP contribution in [0.2, 0.25) is 0 Å². The highest BCUT2D eigenvalue weighted by Crippen LogP contribution is 2.15. The summed E-state index contributed by atoms with van der Waals surface area (Å²) >= 11 is 0. The summed E-state index contributed by atoms with van der Waals surface area (Å²) in [6, 6.07) is 23.9. The number of rotatable bonds is 2. The lowest BCUT2D eigenvalue weighted by Gasteiger charge is -2.01. The van der Waals surface area contributed by atoms with E-state index in [2.05, 4.69) is 47.4 Å². The van der Waals surface area contributed by atoms with Gasteiger partial charge in [0.1, 0.15) is 0 Å². The molecule has 0 spiro atoms. The first-order valence-electron chi connectivity index (χ1n) is 7.89. The number of aromatic carboxylic acids is 2. The molecule has 0 saturated carbocycles. The van der Waals surface area contributed by atoms with Crippen LogP contribution in [0.25, 0.3) is 21.8 Å². The zero-order chi connectivity index (χ0) is 18.5. The molecule has 0 radical (unpaired) electrons. The van der Waals surface area contributed by atoms with Gasteiger partial charge in [-0.05, 0) is 35.9 Å². The van der Waals surface area contributed by atoms with Crippen molar-refractivity contribution >= 4 is 33.7 Å². The highest BCUT2D eigenvalue weighted by Gasteiger charge is 2.03. The number of hydrogen-bond acceptors (Lipinski definition) is 3. The van der Waals surface area contributed by atoms with Crippen molar-refractivity contribution in [2.75, 3.05) is 0 Å². The fourth-order valence-corrected chi connectivity index (χ4v) is 2.57. The first kappa shape index (κ1) is 17.1. The maximum absolute atomic E-state index is 10.4. The van der Waals surface area contributed by atoms with Crippen LogP contribution in [0.1, 0.15) is 20.7 Å². The molecular weight excluding hydrogens is 330 g/mol. The molecule has 5 heteroatoms. The minimum absolute atomic E-state index is 0.0586. The summed E-state index contributed by atoms with van der Waals surface area (Å²) in [5.41, 5.74) is 2.18. The number of aromatic nitrogens is 1. The minimum atomic E-state index is -1.38. The molecule has 1 heterocycles. The molecule has 26 heavy (non-hydrogen) atoms. The van der Waals surface area contributed by atoms with Gasteiger partial charge in [0.05, 0.1) is 11.5 Å². The molecule has 0 aliphatic carbocycles. The second kappa shape index (κ2) is 7.44. The van der Waals surface area contributed by atoms with Gasteiger partial charge >= 0.3 is 5.97 Å². The van der Waals surface area contributed by atoms with Gasteiger partial charge in [-0.3, -0.25) is 0 Å². The zero-order valence-electron chi connectivity index (χ0n) is 13.7. The van der Waals surface area contributed by atoms with Crippen molar-refractivity contribution in [3.8, 4) is 0 Å². The summed E-state index contributed by atoms with van der Waals surface area (Å²) in [5.74, 6) is -2.53. The second-order valence-electron chi connectivity index (χ2n) is 5.62. The van der Waals surface area contributed by atoms with Gasteiger partial charge in [0.15, 0.2) is 0 Å². The van der Waals surface area contributed by atoms with Crippen molar-refractivity contribution in [2.24, 2.45) is 0 Å². The molecule has 5 nitrogen and oxygen atoms in total. The van der Waals surface area contributed by atoms with Crippen LogP contribution >= 0.6 is 0 Å². The second-order valence-corrected chi connectivity index (χ2v) is 5.62. The maximum atomic E-state index is 10.4. The molecule has 2 N–H and O–H groups in total. The molecule has 4 aromatic rings. The van der Waals surface area contributed by atoms with E-state index < -0.39 is 11.9 Å². The molecule has 128 valence electrons. The van der Waals surface area contributed by atoms with Gasteiger partial charge < -0.3 is 15.0 Å². The number of carbonyl (C=O) groups excluding carboxylic acids is 1. The number of aromatic amines is 1. The fourth-order valence-electron chi connectivity index (χ4n) is 2.57. The molecule has 0 atom stereocenters. The monoisotopic (exact) mass is 345 g/mol. The number of nitrogens with one attached hydrogen (secondary N) is 1. The van der Waals surface area contributed by atoms with Crippen LogP contribution in [0.15, 0.2) is 78.9 Å². The average molecular weight is 345 g/mol. The molecule has 0 saturated heterocycles. The smallest absolute Gasteiger partial charge is 0.335 e. The number of carboxylic acids is 2. The number of fused-ring (bicyclic) bond motifs is 2. The highest BCUT2D eigenvalue weighted by molar-refractivity contribution is 5.92. The molecule has 0 bridgehead atoms. The summed E-state index contributed by atoms with van der Waals surface area (Å²) in [6.07, 6.45) is 0. The Hall–Kier alpha value is -3.73. The third kappa shape index (κ3) is 3.84. The summed E-state index contributed by atoms with van der Waals surface area (Å²) in [7, 11) is 0. The van der Waals surface area contributed by atoms with E-state index in [0.717, 1.165) is 6.07 Å². The predicted octanol–water partition coefficient (Wildman–Crippen LogP) is 2.56. The Kier molecular flexibility index (Phi) is 4.90. The first-order valence-corrected chi connectivity index (χ1v) is 7.89. The van der Waals surface area contributed by atoms with Gasteiger partial charge in [0.25, 0.3) is 0 Å². The Balaban J connectivity index is 0.000000153. The van der Waals surface area contributed by atoms with Crippen molar-refractivity contribution in [3.05, 3.63) is 90.0 Å². The molecule has 0 aliphatic heterocycles. The van der Waals surface area contributed by atoms with Gasteiger partial charge in [-0.15, -0.1) is 0 Å². The van der Waals surface area contributed by atoms with Crippen molar-refractivity contribution < 1.29 is 24.8 Å². The van der Waals surface area contributed by atoms with Crippen LogP contribution in [-0.2, 0) is 0 Å². The number of H-pyrrole nitrogens is 1. The van der Waals surface area contributed by atoms with E-state index in [-0.39, 0.29) is 11.1 Å². The summed E-state index contributed by atoms with van der Waals surface area (Å²) < 4.78 is 0. The number of hydrogen-bond donors (Lipinski definition) is 1.